The Morgan fingerprint density at radius 1 is 1.14 bits per heavy atom. The second-order valence-electron chi connectivity index (χ2n) is 6.17. The molecular formula is C15H23NO4S2. The van der Waals surface area contributed by atoms with E-state index in [0.29, 0.717) is 19.4 Å². The largest absolute Gasteiger partial charge is 0.224 e. The van der Waals surface area contributed by atoms with Gasteiger partial charge >= 0.3 is 0 Å². The van der Waals surface area contributed by atoms with Crippen LogP contribution in [0.3, 0.4) is 0 Å². The molecule has 7 heteroatoms. The molecule has 1 aromatic rings. The summed E-state index contributed by atoms with van der Waals surface area (Å²) in [7, 11) is -6.87. The number of nitrogens with zero attached hydrogens (tertiary/aromatic N) is 1. The van der Waals surface area contributed by atoms with Crippen LogP contribution in [0.5, 0.6) is 0 Å². The molecule has 22 heavy (non-hydrogen) atoms. The molecule has 1 heterocycles. The van der Waals surface area contributed by atoms with Gasteiger partial charge in [0.2, 0.25) is 10.0 Å². The number of sulfone groups is 1. The van der Waals surface area contributed by atoms with E-state index in [1.807, 2.05) is 13.8 Å². The van der Waals surface area contributed by atoms with Crippen molar-refractivity contribution in [1.82, 2.24) is 4.31 Å². The molecule has 1 fully saturated rings. The monoisotopic (exact) mass is 345 g/mol. The van der Waals surface area contributed by atoms with Crippen molar-refractivity contribution >= 4 is 19.9 Å². The van der Waals surface area contributed by atoms with Crippen LogP contribution in [0.4, 0.5) is 0 Å². The van der Waals surface area contributed by atoms with Crippen molar-refractivity contribution < 1.29 is 16.8 Å². The van der Waals surface area contributed by atoms with Crippen LogP contribution in [0.15, 0.2) is 35.2 Å². The summed E-state index contributed by atoms with van der Waals surface area (Å²) in [6.45, 7) is 4.12. The standard InChI is InChI=1S/C15H23NO4S2/c1-13(2)11-22(19,20)16-10-6-7-14(16)12-21(17,18)15-8-4-3-5-9-15/h3-5,8-9,13-14H,6-7,10-12H2,1-2H3/t14-/m1/s1. The third-order valence-corrected chi connectivity index (χ3v) is 7.84. The predicted octanol–water partition coefficient (Wildman–Crippen LogP) is 1.91. The number of hydrogen-bond acceptors (Lipinski definition) is 4. The van der Waals surface area contributed by atoms with Crippen molar-refractivity contribution in [1.29, 1.82) is 0 Å². The van der Waals surface area contributed by atoms with Gasteiger partial charge < -0.3 is 0 Å². The highest BCUT2D eigenvalue weighted by Crippen LogP contribution is 2.25. The first-order valence-electron chi connectivity index (χ1n) is 7.50. The molecule has 5 nitrogen and oxygen atoms in total. The van der Waals surface area contributed by atoms with E-state index in [1.165, 1.54) is 4.31 Å². The molecule has 1 saturated heterocycles. The summed E-state index contributed by atoms with van der Waals surface area (Å²) in [5.41, 5.74) is 0. The molecule has 0 aromatic heterocycles. The first-order valence-corrected chi connectivity index (χ1v) is 10.8. The van der Waals surface area contributed by atoms with Crippen molar-refractivity contribution in [3.63, 3.8) is 0 Å². The van der Waals surface area contributed by atoms with Crippen LogP contribution in [-0.4, -0.2) is 45.2 Å². The Morgan fingerprint density at radius 3 is 2.36 bits per heavy atom. The smallest absolute Gasteiger partial charge is 0.214 e. The summed E-state index contributed by atoms with van der Waals surface area (Å²) in [4.78, 5) is 0.253. The van der Waals surface area contributed by atoms with Gasteiger partial charge in [0.05, 0.1) is 16.4 Å². The van der Waals surface area contributed by atoms with Gasteiger partial charge in [-0.1, -0.05) is 32.0 Å². The van der Waals surface area contributed by atoms with Gasteiger partial charge in [0.1, 0.15) is 0 Å². The normalized spacial score (nSPS) is 20.6. The fourth-order valence-electron chi connectivity index (χ4n) is 2.84. The molecule has 0 radical (unpaired) electrons. The quantitative estimate of drug-likeness (QED) is 0.789. The molecule has 0 saturated carbocycles. The molecule has 0 unspecified atom stereocenters. The number of benzene rings is 1. The van der Waals surface area contributed by atoms with Crippen molar-refractivity contribution in [2.24, 2.45) is 5.92 Å². The number of hydrogen-bond donors (Lipinski definition) is 0. The van der Waals surface area contributed by atoms with Crippen LogP contribution in [0.1, 0.15) is 26.7 Å². The highest BCUT2D eigenvalue weighted by molar-refractivity contribution is 7.91. The minimum atomic E-state index is -3.47. The number of rotatable bonds is 6. The first-order chi connectivity index (χ1) is 10.2. The van der Waals surface area contributed by atoms with E-state index in [-0.39, 0.29) is 22.3 Å². The average Bonchev–Trinajstić information content (AvgIpc) is 2.86. The van der Waals surface area contributed by atoms with Crippen molar-refractivity contribution in [2.45, 2.75) is 37.6 Å². The van der Waals surface area contributed by atoms with E-state index in [4.69, 9.17) is 0 Å². The second kappa shape index (κ2) is 6.68. The lowest BCUT2D eigenvalue weighted by atomic mass is 10.3. The molecule has 0 amide bonds. The fourth-order valence-corrected chi connectivity index (χ4v) is 6.62. The number of sulfonamides is 1. The Labute approximate surface area is 133 Å². The van der Waals surface area contributed by atoms with Gasteiger partial charge in [-0.05, 0) is 30.9 Å². The summed E-state index contributed by atoms with van der Waals surface area (Å²) in [5, 5.41) is 0. The van der Waals surface area contributed by atoms with Crippen LogP contribution in [0, 0.1) is 5.92 Å². The van der Waals surface area contributed by atoms with Crippen LogP contribution in [-0.2, 0) is 19.9 Å². The third kappa shape index (κ3) is 4.08. The lowest BCUT2D eigenvalue weighted by molar-refractivity contribution is 0.404. The zero-order valence-electron chi connectivity index (χ0n) is 13.0. The molecule has 124 valence electrons. The van der Waals surface area contributed by atoms with E-state index in [0.717, 1.165) is 0 Å². The Hall–Kier alpha value is -0.920. The van der Waals surface area contributed by atoms with Crippen LogP contribution in [0.25, 0.3) is 0 Å². The Balaban J connectivity index is 2.19. The zero-order valence-corrected chi connectivity index (χ0v) is 14.6. The minimum Gasteiger partial charge on any atom is -0.224 e. The molecule has 0 bridgehead atoms. The zero-order chi connectivity index (χ0) is 16.4. The average molecular weight is 345 g/mol. The molecule has 1 aromatic carbocycles. The molecule has 1 aliphatic heterocycles. The maximum atomic E-state index is 12.5. The topological polar surface area (TPSA) is 71.5 Å². The van der Waals surface area contributed by atoms with Crippen LogP contribution >= 0.6 is 0 Å². The van der Waals surface area contributed by atoms with Gasteiger partial charge in [0.25, 0.3) is 0 Å². The summed E-state index contributed by atoms with van der Waals surface area (Å²) in [6, 6.07) is 7.76. The van der Waals surface area contributed by atoms with E-state index < -0.39 is 25.9 Å². The van der Waals surface area contributed by atoms with Crippen molar-refractivity contribution in [3.05, 3.63) is 30.3 Å². The molecule has 0 spiro atoms. The highest BCUT2D eigenvalue weighted by Gasteiger charge is 2.37. The van der Waals surface area contributed by atoms with E-state index in [9.17, 15) is 16.8 Å². The lowest BCUT2D eigenvalue weighted by Gasteiger charge is -2.24. The van der Waals surface area contributed by atoms with Gasteiger partial charge in [-0.2, -0.15) is 4.31 Å². The van der Waals surface area contributed by atoms with Gasteiger partial charge in [-0.3, -0.25) is 0 Å². The van der Waals surface area contributed by atoms with Crippen LogP contribution in [0.2, 0.25) is 0 Å². The highest BCUT2D eigenvalue weighted by atomic mass is 32.2. The Bertz CT molecular complexity index is 696. The molecule has 1 atom stereocenters. The lowest BCUT2D eigenvalue weighted by Crippen LogP contribution is -2.41. The maximum Gasteiger partial charge on any atom is 0.214 e. The summed E-state index contributed by atoms with van der Waals surface area (Å²) >= 11 is 0. The summed E-state index contributed by atoms with van der Waals surface area (Å²) in [5.74, 6) is -0.0552. The van der Waals surface area contributed by atoms with E-state index >= 15 is 0 Å². The summed E-state index contributed by atoms with van der Waals surface area (Å²) < 4.78 is 51.1. The van der Waals surface area contributed by atoms with E-state index in [1.54, 1.807) is 30.3 Å². The maximum absolute atomic E-state index is 12.5. The van der Waals surface area contributed by atoms with Gasteiger partial charge in [-0.15, -0.1) is 0 Å². The first kappa shape index (κ1) is 17.4. The summed E-state index contributed by atoms with van der Waals surface area (Å²) in [6.07, 6.45) is 1.32. The third-order valence-electron chi connectivity index (χ3n) is 3.74. The van der Waals surface area contributed by atoms with Gasteiger partial charge in [0, 0.05) is 12.6 Å². The Morgan fingerprint density at radius 2 is 1.77 bits per heavy atom. The SMILES string of the molecule is CC(C)CS(=O)(=O)N1CCC[C@@H]1CS(=O)(=O)c1ccccc1. The molecular weight excluding hydrogens is 322 g/mol. The Kier molecular flexibility index (Phi) is 5.29. The van der Waals surface area contributed by atoms with Gasteiger partial charge in [0.15, 0.2) is 9.84 Å². The van der Waals surface area contributed by atoms with Crippen molar-refractivity contribution in [2.75, 3.05) is 18.1 Å². The molecule has 2 rings (SSSR count). The van der Waals surface area contributed by atoms with Crippen LogP contribution < -0.4 is 0 Å². The minimum absolute atomic E-state index is 0.0250. The molecule has 0 N–H and O–H groups in total. The van der Waals surface area contributed by atoms with E-state index in [2.05, 4.69) is 0 Å². The second-order valence-corrected chi connectivity index (χ2v) is 10.2. The predicted molar refractivity (Wildman–Crippen MR) is 86.8 cm³/mol. The molecule has 0 aliphatic carbocycles. The molecule has 1 aliphatic rings. The van der Waals surface area contributed by atoms with Gasteiger partial charge in [-0.25, -0.2) is 16.8 Å². The fraction of sp³-hybridized carbons (Fsp3) is 0.600. The van der Waals surface area contributed by atoms with Crippen molar-refractivity contribution in [3.8, 4) is 0 Å².